The monoisotopic (exact) mass is 1400 g/mol. The Hall–Kier alpha value is -11.8. The molecule has 12 nitrogen and oxygen atoms in total. The molecule has 0 aliphatic carbocycles. The summed E-state index contributed by atoms with van der Waals surface area (Å²) in [4.78, 5) is 59.6. The number of hydrogen-bond acceptors (Lipinski definition) is 9. The van der Waals surface area contributed by atoms with Crippen molar-refractivity contribution in [3.63, 3.8) is 0 Å². The number of hydrogen-bond donors (Lipinski definition) is 3. The number of carbonyl (C=O) groups is 3. The molecule has 0 saturated heterocycles. The number of benzene rings is 9. The van der Waals surface area contributed by atoms with Crippen molar-refractivity contribution in [3.8, 4) is 33.4 Å². The van der Waals surface area contributed by atoms with Crippen LogP contribution < -0.4 is 30.7 Å². The van der Waals surface area contributed by atoms with Crippen LogP contribution in [0, 0.1) is 0 Å². The van der Waals surface area contributed by atoms with Gasteiger partial charge in [-0.25, -0.2) is 9.97 Å². The Bertz CT molecular complexity index is 3970. The van der Waals surface area contributed by atoms with Gasteiger partial charge in [-0.15, -0.1) is 0 Å². The summed E-state index contributed by atoms with van der Waals surface area (Å²) in [6.45, 7) is 37.5. The zero-order valence-corrected chi connectivity index (χ0v) is 65.2. The summed E-state index contributed by atoms with van der Waals surface area (Å²) >= 11 is 0. The summed E-state index contributed by atoms with van der Waals surface area (Å²) < 4.78 is 0. The first kappa shape index (κ1) is 85.7. The second-order valence-corrected chi connectivity index (χ2v) is 21.0. The van der Waals surface area contributed by atoms with Gasteiger partial charge in [-0.05, 0) is 117 Å². The third-order valence-corrected chi connectivity index (χ3v) is 15.4. The van der Waals surface area contributed by atoms with Crippen LogP contribution in [0.5, 0.6) is 0 Å². The van der Waals surface area contributed by atoms with Gasteiger partial charge in [0.05, 0.1) is 82.3 Å². The largest absolute Gasteiger partial charge is 0.352 e. The summed E-state index contributed by atoms with van der Waals surface area (Å²) in [7, 11) is 0. The molecule has 12 heteroatoms. The van der Waals surface area contributed by atoms with E-state index >= 15 is 0 Å². The lowest BCUT2D eigenvalue weighted by Gasteiger charge is -2.22. The highest BCUT2D eigenvalue weighted by molar-refractivity contribution is 6.16. The lowest BCUT2D eigenvalue weighted by Crippen LogP contribution is -2.29. The third kappa shape index (κ3) is 23.1. The molecule has 12 aromatic rings. The van der Waals surface area contributed by atoms with Crippen LogP contribution in [0.1, 0.15) is 172 Å². The topological polar surface area (TPSA) is 136 Å². The van der Waals surface area contributed by atoms with Gasteiger partial charge in [-0.2, -0.15) is 0 Å². The van der Waals surface area contributed by atoms with E-state index in [1.165, 1.54) is 0 Å². The number of carbonyl (C=O) groups excluding carboxylic acids is 3. The molecule has 0 bridgehead atoms. The van der Waals surface area contributed by atoms with E-state index in [0.29, 0.717) is 48.0 Å². The molecule has 0 unspecified atom stereocenters. The number of nitrogens with zero attached hydrogens (tertiary/aromatic N) is 6. The van der Waals surface area contributed by atoms with Crippen LogP contribution in [0.2, 0.25) is 0 Å². The molecule has 3 aliphatic rings. The van der Waals surface area contributed by atoms with E-state index in [0.717, 1.165) is 89.9 Å². The van der Waals surface area contributed by atoms with Crippen molar-refractivity contribution in [2.45, 2.75) is 144 Å². The fourth-order valence-corrected chi connectivity index (χ4v) is 11.0. The van der Waals surface area contributed by atoms with Crippen LogP contribution in [0.3, 0.4) is 0 Å². The first-order valence-corrected chi connectivity index (χ1v) is 37.7. The molecule has 546 valence electrons. The molecule has 3 aromatic heterocycles. The molecule has 0 fully saturated rings. The van der Waals surface area contributed by atoms with Gasteiger partial charge in [0.25, 0.3) is 17.7 Å². The minimum atomic E-state index is -0.0408. The number of pyridine rings is 3. The highest BCUT2D eigenvalue weighted by atomic mass is 16.2. The summed E-state index contributed by atoms with van der Waals surface area (Å²) in [6, 6.07) is 87.7. The molecular weight excluding hydrogens is 1290 g/mol. The molecule has 3 amide bonds. The maximum Gasteiger partial charge on any atom is 0.260 e. The lowest BCUT2D eigenvalue weighted by atomic mass is 10.0. The fourth-order valence-electron chi connectivity index (χ4n) is 11.0. The van der Waals surface area contributed by atoms with Crippen molar-refractivity contribution < 1.29 is 14.4 Å². The van der Waals surface area contributed by atoms with Gasteiger partial charge < -0.3 is 30.7 Å². The highest BCUT2D eigenvalue weighted by Crippen LogP contribution is 2.41. The Morgan fingerprint density at radius 3 is 0.838 bits per heavy atom. The van der Waals surface area contributed by atoms with E-state index in [4.69, 9.17) is 0 Å². The van der Waals surface area contributed by atoms with Crippen molar-refractivity contribution in [3.05, 3.63) is 325 Å². The van der Waals surface area contributed by atoms with E-state index in [1.54, 1.807) is 34.6 Å². The van der Waals surface area contributed by atoms with Gasteiger partial charge in [0.2, 0.25) is 0 Å². The maximum absolute atomic E-state index is 13.7. The minimum absolute atomic E-state index is 0.0286. The fraction of sp³-hybridized carbons (Fsp3) is 0.226. The average molecular weight is 1400 g/mol. The summed E-state index contributed by atoms with van der Waals surface area (Å²) in [6.07, 6.45) is 6.96. The van der Waals surface area contributed by atoms with Gasteiger partial charge in [-0.1, -0.05) is 325 Å². The third-order valence-electron chi connectivity index (χ3n) is 15.4. The Labute approximate surface area is 628 Å². The Morgan fingerprint density at radius 1 is 0.257 bits per heavy atom. The SMILES string of the molecule is CC.CC.CC.CC.CC.CC.CC.CC.CC.O=C1c2cc(-c3ccccc3)ccc2Nc2cnccc2N1Cc1ccccc1.O=C1c2cc(-c3ccccc3)ccc2Nc2ncccc2N1Cc1ccccc1.O=C1c2cc(-c3ccccc3)ccc2Nc2ncccc2N1Cc1ccccc1. The number of fused-ring (bicyclic) bond motifs is 6. The van der Waals surface area contributed by atoms with Crippen molar-refractivity contribution in [1.82, 2.24) is 15.0 Å². The summed E-state index contributed by atoms with van der Waals surface area (Å²) in [5.41, 5.74) is 17.0. The smallest absolute Gasteiger partial charge is 0.260 e. The number of anilines is 9. The normalized spacial score (nSPS) is 10.9. The van der Waals surface area contributed by atoms with Crippen LogP contribution in [0.25, 0.3) is 33.4 Å². The number of rotatable bonds is 9. The molecule has 9 aromatic carbocycles. The molecule has 15 rings (SSSR count). The van der Waals surface area contributed by atoms with Crippen LogP contribution >= 0.6 is 0 Å². The molecule has 0 radical (unpaired) electrons. The molecule has 3 aliphatic heterocycles. The number of amides is 3. The van der Waals surface area contributed by atoms with Crippen molar-refractivity contribution >= 4 is 69.2 Å². The zero-order chi connectivity index (χ0) is 76.9. The Kier molecular flexibility index (Phi) is 39.3. The summed E-state index contributed by atoms with van der Waals surface area (Å²) in [5.74, 6) is 1.26. The molecular formula is C93H111N9O3. The van der Waals surface area contributed by atoms with Crippen LogP contribution in [-0.4, -0.2) is 32.7 Å². The molecule has 3 N–H and O–H groups in total. The predicted octanol–water partition coefficient (Wildman–Crippen LogP) is 26.2. The van der Waals surface area contributed by atoms with Crippen molar-refractivity contribution in [2.75, 3.05) is 30.7 Å². The molecule has 0 atom stereocenters. The maximum atomic E-state index is 13.7. The second-order valence-electron chi connectivity index (χ2n) is 21.0. The zero-order valence-electron chi connectivity index (χ0n) is 65.2. The van der Waals surface area contributed by atoms with E-state index in [1.807, 2.05) is 384 Å². The average Bonchev–Trinajstić information content (AvgIpc) is 1.68. The lowest BCUT2D eigenvalue weighted by molar-refractivity contribution is 0.0979. The van der Waals surface area contributed by atoms with Gasteiger partial charge in [-0.3, -0.25) is 19.4 Å². The molecule has 6 heterocycles. The standard InChI is InChI=1S/3C25H19N3O.9C2H6/c2*29-25-21-16-20(19-10-5-2-6-11-19)13-14-22(21)27-24-23(12-7-15-26-24)28(25)17-18-8-3-1-4-9-18;29-25-21-15-20(19-9-5-2-6-10-19)11-12-22(21)27-23-16-26-14-13-24(23)28(25)17-18-7-3-1-4-8-18;9*1-2/h2*1-16H,17H2,(H,26,27);1-16,27H,17H2;9*1-2H3. The number of nitrogens with one attached hydrogen (secondary N) is 3. The highest BCUT2D eigenvalue weighted by Gasteiger charge is 2.31. The first-order valence-electron chi connectivity index (χ1n) is 37.7. The first-order chi connectivity index (χ1) is 51.9. The number of aromatic nitrogens is 3. The van der Waals surface area contributed by atoms with Crippen molar-refractivity contribution in [1.29, 1.82) is 0 Å². The van der Waals surface area contributed by atoms with Crippen LogP contribution in [-0.2, 0) is 19.6 Å². The Balaban J connectivity index is 0.000000300. The molecule has 0 spiro atoms. The molecule has 105 heavy (non-hydrogen) atoms. The Morgan fingerprint density at radius 2 is 0.533 bits per heavy atom. The quantitative estimate of drug-likeness (QED) is 0.129. The van der Waals surface area contributed by atoms with Crippen LogP contribution in [0.4, 0.5) is 51.4 Å². The van der Waals surface area contributed by atoms with E-state index < -0.39 is 0 Å². The van der Waals surface area contributed by atoms with Gasteiger partial charge in [0, 0.05) is 18.6 Å². The second kappa shape index (κ2) is 48.2. The van der Waals surface area contributed by atoms with E-state index in [-0.39, 0.29) is 17.7 Å². The van der Waals surface area contributed by atoms with Crippen LogP contribution in [0.15, 0.2) is 292 Å². The van der Waals surface area contributed by atoms with E-state index in [9.17, 15) is 14.4 Å². The predicted molar refractivity (Wildman–Crippen MR) is 451 cm³/mol. The molecule has 0 saturated carbocycles. The minimum Gasteiger partial charge on any atom is -0.352 e. The van der Waals surface area contributed by atoms with Crippen molar-refractivity contribution in [2.24, 2.45) is 0 Å². The summed E-state index contributed by atoms with van der Waals surface area (Å²) in [5, 5.41) is 10.1. The van der Waals surface area contributed by atoms with Gasteiger partial charge in [0.1, 0.15) is 0 Å². The van der Waals surface area contributed by atoms with E-state index in [2.05, 4.69) is 43.0 Å². The van der Waals surface area contributed by atoms with Gasteiger partial charge in [0.15, 0.2) is 11.6 Å². The van der Waals surface area contributed by atoms with Gasteiger partial charge >= 0.3 is 0 Å².